The van der Waals surface area contributed by atoms with Crippen LogP contribution >= 0.6 is 0 Å². The number of nitrogens with zero attached hydrogens (tertiary/aromatic N) is 2. The van der Waals surface area contributed by atoms with Crippen molar-refractivity contribution < 1.29 is 8.42 Å². The van der Waals surface area contributed by atoms with E-state index < -0.39 is 16.1 Å². The summed E-state index contributed by atoms with van der Waals surface area (Å²) in [5.41, 5.74) is 4.74. The Bertz CT molecular complexity index is 1810. The molecule has 0 aliphatic carbocycles. The van der Waals surface area contributed by atoms with Crippen molar-refractivity contribution in [3.05, 3.63) is 156 Å². The summed E-state index contributed by atoms with van der Waals surface area (Å²) in [5.74, 6) is -0.0425. The van der Waals surface area contributed by atoms with E-state index >= 15 is 0 Å². The van der Waals surface area contributed by atoms with E-state index in [0.29, 0.717) is 0 Å². The molecular formula is C33H27N3O2S. The fourth-order valence-corrected chi connectivity index (χ4v) is 6.61. The first kappa shape index (κ1) is 24.6. The predicted molar refractivity (Wildman–Crippen MR) is 158 cm³/mol. The largest absolute Gasteiger partial charge is 0.361 e. The molecule has 0 amide bonds. The van der Waals surface area contributed by atoms with Crippen molar-refractivity contribution in [1.29, 1.82) is 0 Å². The fraction of sp³-hybridized carbons (Fsp3) is 0.0606. The standard InChI is InChI=1S/C24H20N2O2S.C9H7N/c27-29(28,17-18-8-2-1-3-9-18)26-15-14-19-10-4-5-11-20(19)24(26)22-16-25-23-13-7-6-12-21(22)23;1-2-4-9-7-10-6-5-8(9)3-1/h1-16,24-25H,17H2;1-7H. The Labute approximate surface area is 228 Å². The third kappa shape index (κ3) is 5.07. The molecule has 0 spiro atoms. The van der Waals surface area contributed by atoms with Crippen LogP contribution in [0.15, 0.2) is 134 Å². The van der Waals surface area contributed by atoms with Gasteiger partial charge in [0.05, 0.1) is 11.8 Å². The maximum absolute atomic E-state index is 13.5. The zero-order chi connectivity index (χ0) is 26.7. The summed E-state index contributed by atoms with van der Waals surface area (Å²) in [5, 5.41) is 3.48. The number of aromatic amines is 1. The summed E-state index contributed by atoms with van der Waals surface area (Å²) in [4.78, 5) is 7.31. The number of sulfonamides is 1. The van der Waals surface area contributed by atoms with Crippen LogP contribution in [0.4, 0.5) is 0 Å². The van der Waals surface area contributed by atoms with E-state index in [-0.39, 0.29) is 5.75 Å². The first-order chi connectivity index (χ1) is 19.1. The number of aromatic nitrogens is 2. The van der Waals surface area contributed by atoms with Crippen molar-refractivity contribution in [3.63, 3.8) is 0 Å². The number of H-pyrrole nitrogens is 1. The number of pyridine rings is 1. The number of benzene rings is 4. The van der Waals surface area contributed by atoms with E-state index in [1.165, 1.54) is 15.1 Å². The van der Waals surface area contributed by atoms with Gasteiger partial charge in [-0.1, -0.05) is 97.1 Å². The van der Waals surface area contributed by atoms with Crippen LogP contribution in [0, 0.1) is 0 Å². The van der Waals surface area contributed by atoms with Crippen LogP contribution in [0.25, 0.3) is 27.8 Å². The van der Waals surface area contributed by atoms with Gasteiger partial charge in [0.1, 0.15) is 0 Å². The van der Waals surface area contributed by atoms with Crippen molar-refractivity contribution in [2.45, 2.75) is 11.8 Å². The first-order valence-electron chi connectivity index (χ1n) is 12.8. The number of hydrogen-bond acceptors (Lipinski definition) is 3. The lowest BCUT2D eigenvalue weighted by atomic mass is 9.92. The molecule has 5 nitrogen and oxygen atoms in total. The Hall–Kier alpha value is -4.68. The van der Waals surface area contributed by atoms with Gasteiger partial charge in [0, 0.05) is 41.3 Å². The number of fused-ring (bicyclic) bond motifs is 3. The molecule has 0 saturated heterocycles. The lowest BCUT2D eigenvalue weighted by Gasteiger charge is -2.34. The molecule has 1 aliphatic rings. The second-order valence-electron chi connectivity index (χ2n) is 9.43. The van der Waals surface area contributed by atoms with Gasteiger partial charge < -0.3 is 4.98 Å². The molecule has 1 aliphatic heterocycles. The maximum Gasteiger partial charge on any atom is 0.239 e. The zero-order valence-electron chi connectivity index (χ0n) is 21.2. The van der Waals surface area contributed by atoms with E-state index in [0.717, 1.165) is 33.2 Å². The smallest absolute Gasteiger partial charge is 0.239 e. The number of nitrogens with one attached hydrogen (secondary N) is 1. The highest BCUT2D eigenvalue weighted by atomic mass is 32.2. The van der Waals surface area contributed by atoms with Crippen molar-refractivity contribution in [2.75, 3.05) is 0 Å². The van der Waals surface area contributed by atoms with Crippen LogP contribution in [0.1, 0.15) is 28.3 Å². The SMILES string of the molecule is O=S(=O)(Cc1ccccc1)N1C=Cc2ccccc2C1c1c[nH]c2ccccc12.c1ccc2cnccc2c1. The van der Waals surface area contributed by atoms with E-state index in [4.69, 9.17) is 0 Å². The second-order valence-corrected chi connectivity index (χ2v) is 11.3. The van der Waals surface area contributed by atoms with Gasteiger partial charge >= 0.3 is 0 Å². The van der Waals surface area contributed by atoms with Crippen molar-refractivity contribution in [1.82, 2.24) is 14.3 Å². The molecule has 1 atom stereocenters. The molecule has 7 rings (SSSR count). The summed E-state index contributed by atoms with van der Waals surface area (Å²) in [6.07, 6.45) is 9.18. The average molecular weight is 530 g/mol. The molecule has 3 heterocycles. The highest BCUT2D eigenvalue weighted by Gasteiger charge is 2.34. The van der Waals surface area contributed by atoms with Crippen LogP contribution in [-0.4, -0.2) is 22.7 Å². The molecular weight excluding hydrogens is 502 g/mol. The Morgan fingerprint density at radius 1 is 0.744 bits per heavy atom. The molecule has 39 heavy (non-hydrogen) atoms. The van der Waals surface area contributed by atoms with Gasteiger partial charge in [-0.25, -0.2) is 8.42 Å². The third-order valence-electron chi connectivity index (χ3n) is 6.92. The van der Waals surface area contributed by atoms with Crippen LogP contribution in [-0.2, 0) is 15.8 Å². The molecule has 2 aromatic heterocycles. The molecule has 6 aromatic rings. The molecule has 6 heteroatoms. The minimum Gasteiger partial charge on any atom is -0.361 e. The summed E-state index contributed by atoms with van der Waals surface area (Å²) in [6.45, 7) is 0. The van der Waals surface area contributed by atoms with Crippen molar-refractivity contribution in [2.24, 2.45) is 0 Å². The van der Waals surface area contributed by atoms with Crippen molar-refractivity contribution >= 4 is 37.8 Å². The third-order valence-corrected chi connectivity index (χ3v) is 8.60. The zero-order valence-corrected chi connectivity index (χ0v) is 22.0. The molecule has 192 valence electrons. The summed E-state index contributed by atoms with van der Waals surface area (Å²) in [6, 6.07) is 35.1. The van der Waals surface area contributed by atoms with Gasteiger partial charge in [-0.2, -0.15) is 0 Å². The number of hydrogen-bond donors (Lipinski definition) is 1. The highest BCUT2D eigenvalue weighted by Crippen LogP contribution is 2.40. The first-order valence-corrected chi connectivity index (χ1v) is 14.4. The topological polar surface area (TPSA) is 66.1 Å². The molecule has 0 bridgehead atoms. The van der Waals surface area contributed by atoms with Gasteiger partial charge in [-0.3, -0.25) is 9.29 Å². The van der Waals surface area contributed by atoms with Crippen molar-refractivity contribution in [3.8, 4) is 0 Å². The molecule has 4 aromatic carbocycles. The predicted octanol–water partition coefficient (Wildman–Crippen LogP) is 7.31. The minimum atomic E-state index is -3.59. The van der Waals surface area contributed by atoms with Gasteiger partial charge in [-0.15, -0.1) is 0 Å². The van der Waals surface area contributed by atoms with E-state index in [9.17, 15) is 8.42 Å². The lowest BCUT2D eigenvalue weighted by Crippen LogP contribution is -2.34. The minimum absolute atomic E-state index is 0.0425. The quantitative estimate of drug-likeness (QED) is 0.260. The van der Waals surface area contributed by atoms with E-state index in [1.54, 1.807) is 6.20 Å². The number of rotatable bonds is 4. The summed E-state index contributed by atoms with van der Waals surface area (Å²) < 4.78 is 28.5. The Morgan fingerprint density at radius 3 is 2.31 bits per heavy atom. The Balaban J connectivity index is 0.000000231. The molecule has 0 radical (unpaired) electrons. The van der Waals surface area contributed by atoms with Crippen LogP contribution < -0.4 is 0 Å². The molecule has 1 N–H and O–H groups in total. The highest BCUT2D eigenvalue weighted by molar-refractivity contribution is 7.88. The van der Waals surface area contributed by atoms with Gasteiger partial charge in [0.2, 0.25) is 10.0 Å². The maximum atomic E-state index is 13.5. The van der Waals surface area contributed by atoms with Gasteiger partial charge in [-0.05, 0) is 45.7 Å². The van der Waals surface area contributed by atoms with Crippen LogP contribution in [0.5, 0.6) is 0 Å². The van der Waals surface area contributed by atoms with E-state index in [1.807, 2.05) is 122 Å². The second kappa shape index (κ2) is 10.6. The van der Waals surface area contributed by atoms with Crippen LogP contribution in [0.3, 0.4) is 0 Å². The number of para-hydroxylation sites is 1. The summed E-state index contributed by atoms with van der Waals surface area (Å²) >= 11 is 0. The molecule has 1 unspecified atom stereocenters. The monoisotopic (exact) mass is 529 g/mol. The van der Waals surface area contributed by atoms with E-state index in [2.05, 4.69) is 22.1 Å². The average Bonchev–Trinajstić information content (AvgIpc) is 3.41. The molecule has 0 saturated carbocycles. The normalized spacial score (nSPS) is 14.6. The molecule has 0 fully saturated rings. The summed E-state index contributed by atoms with van der Waals surface area (Å²) in [7, 11) is -3.59. The fourth-order valence-electron chi connectivity index (χ4n) is 5.05. The van der Waals surface area contributed by atoms with Gasteiger partial charge in [0.15, 0.2) is 0 Å². The lowest BCUT2D eigenvalue weighted by molar-refractivity contribution is 0.448. The van der Waals surface area contributed by atoms with Gasteiger partial charge in [0.25, 0.3) is 0 Å². The van der Waals surface area contributed by atoms with Crippen LogP contribution in [0.2, 0.25) is 0 Å². The Kier molecular flexibility index (Phi) is 6.69. The Morgan fingerprint density at radius 2 is 1.46 bits per heavy atom.